The van der Waals surface area contributed by atoms with Crippen LogP contribution in [0.2, 0.25) is 0 Å². The second-order valence-electron chi connectivity index (χ2n) is 4.45. The zero-order valence-corrected chi connectivity index (χ0v) is 11.8. The van der Waals surface area contributed by atoms with E-state index in [4.69, 9.17) is 4.74 Å². The lowest BCUT2D eigenvalue weighted by atomic mass is 10.1. The minimum absolute atomic E-state index is 0.0633. The Bertz CT molecular complexity index is 658. The van der Waals surface area contributed by atoms with E-state index in [-0.39, 0.29) is 5.69 Å². The summed E-state index contributed by atoms with van der Waals surface area (Å²) in [5.41, 5.74) is 1.14. The van der Waals surface area contributed by atoms with E-state index in [1.807, 2.05) is 23.1 Å². The Morgan fingerprint density at radius 1 is 1.43 bits per heavy atom. The third-order valence-corrected chi connectivity index (χ3v) is 3.07. The highest BCUT2D eigenvalue weighted by atomic mass is 16.5. The fraction of sp³-hybridized carbons (Fsp3) is 0.267. The molecule has 0 saturated carbocycles. The van der Waals surface area contributed by atoms with Crippen molar-refractivity contribution in [1.82, 2.24) is 10.2 Å². The largest absolute Gasteiger partial charge is 0.476 e. The first-order valence-corrected chi connectivity index (χ1v) is 6.52. The number of carboxylic acids is 1. The number of methoxy groups -OCH3 is 1. The quantitative estimate of drug-likeness (QED) is 0.785. The number of aromatic nitrogens is 2. The first kappa shape index (κ1) is 14.9. The van der Waals surface area contributed by atoms with Crippen molar-refractivity contribution in [1.29, 1.82) is 0 Å². The number of fused-ring (bicyclic) bond motifs is 1. The summed E-state index contributed by atoms with van der Waals surface area (Å²) in [6.45, 7) is 5.24. The minimum atomic E-state index is -1.10. The van der Waals surface area contributed by atoms with Crippen LogP contribution < -0.4 is 4.90 Å². The summed E-state index contributed by atoms with van der Waals surface area (Å²) in [5, 5.41) is 18.0. The maximum Gasteiger partial charge on any atom is 0.358 e. The van der Waals surface area contributed by atoms with Crippen LogP contribution in [0.4, 0.5) is 5.69 Å². The molecule has 0 aliphatic rings. The zero-order chi connectivity index (χ0) is 15.2. The Kier molecular flexibility index (Phi) is 4.84. The molecule has 0 aliphatic carbocycles. The fourth-order valence-electron chi connectivity index (χ4n) is 2.16. The molecule has 0 spiro atoms. The second-order valence-corrected chi connectivity index (χ2v) is 4.45. The van der Waals surface area contributed by atoms with Gasteiger partial charge in [0.1, 0.15) is 0 Å². The van der Waals surface area contributed by atoms with E-state index >= 15 is 0 Å². The van der Waals surface area contributed by atoms with E-state index < -0.39 is 5.97 Å². The number of aromatic carboxylic acids is 1. The Hall–Kier alpha value is -2.47. The molecule has 0 radical (unpaired) electrons. The molecule has 0 amide bonds. The summed E-state index contributed by atoms with van der Waals surface area (Å²) in [5.74, 6) is -1.10. The molecule has 0 atom stereocenters. The van der Waals surface area contributed by atoms with Gasteiger partial charge in [-0.15, -0.1) is 16.8 Å². The highest BCUT2D eigenvalue weighted by molar-refractivity contribution is 6.02. The van der Waals surface area contributed by atoms with Crippen LogP contribution >= 0.6 is 0 Å². The lowest BCUT2D eigenvalue weighted by Gasteiger charge is -2.25. The van der Waals surface area contributed by atoms with E-state index in [1.54, 1.807) is 19.3 Å². The Labute approximate surface area is 122 Å². The molecular formula is C15H17N3O3. The highest BCUT2D eigenvalue weighted by Crippen LogP contribution is 2.28. The van der Waals surface area contributed by atoms with Crippen LogP contribution in [-0.2, 0) is 4.74 Å². The molecule has 2 rings (SSSR count). The zero-order valence-electron chi connectivity index (χ0n) is 11.8. The number of hydrogen-bond acceptors (Lipinski definition) is 5. The molecule has 0 bridgehead atoms. The summed E-state index contributed by atoms with van der Waals surface area (Å²) in [7, 11) is 1.60. The van der Waals surface area contributed by atoms with E-state index in [2.05, 4.69) is 16.8 Å². The fourth-order valence-corrected chi connectivity index (χ4v) is 2.16. The molecule has 2 aromatic rings. The van der Waals surface area contributed by atoms with Crippen LogP contribution in [0.5, 0.6) is 0 Å². The molecule has 0 unspecified atom stereocenters. The monoisotopic (exact) mass is 287 g/mol. The smallest absolute Gasteiger partial charge is 0.358 e. The number of carbonyl (C=O) groups is 1. The third-order valence-electron chi connectivity index (χ3n) is 3.07. The van der Waals surface area contributed by atoms with E-state index in [1.165, 1.54) is 0 Å². The van der Waals surface area contributed by atoms with Crippen LogP contribution in [0.25, 0.3) is 10.9 Å². The molecule has 6 nitrogen and oxygen atoms in total. The van der Waals surface area contributed by atoms with E-state index in [0.29, 0.717) is 30.9 Å². The van der Waals surface area contributed by atoms with Crippen LogP contribution in [0.1, 0.15) is 10.5 Å². The predicted octanol–water partition coefficient (Wildman–Crippen LogP) is 1.97. The van der Waals surface area contributed by atoms with Gasteiger partial charge in [0, 0.05) is 25.6 Å². The normalized spacial score (nSPS) is 10.5. The van der Waals surface area contributed by atoms with Crippen molar-refractivity contribution in [2.75, 3.05) is 31.7 Å². The van der Waals surface area contributed by atoms with Gasteiger partial charge in [-0.05, 0) is 6.07 Å². The number of hydrogen-bond donors (Lipinski definition) is 1. The molecular weight excluding hydrogens is 270 g/mol. The molecule has 1 heterocycles. The van der Waals surface area contributed by atoms with Gasteiger partial charge in [0.05, 0.1) is 17.8 Å². The van der Waals surface area contributed by atoms with Crippen molar-refractivity contribution in [3.05, 3.63) is 42.6 Å². The van der Waals surface area contributed by atoms with E-state index in [0.717, 1.165) is 5.39 Å². The van der Waals surface area contributed by atoms with Gasteiger partial charge in [0.15, 0.2) is 5.69 Å². The van der Waals surface area contributed by atoms with Crippen molar-refractivity contribution in [3.63, 3.8) is 0 Å². The lowest BCUT2D eigenvalue weighted by molar-refractivity contribution is 0.0690. The van der Waals surface area contributed by atoms with Crippen LogP contribution in [0.15, 0.2) is 36.9 Å². The molecule has 0 aliphatic heterocycles. The average Bonchev–Trinajstić information content (AvgIpc) is 2.50. The third kappa shape index (κ3) is 3.17. The molecule has 1 N–H and O–H groups in total. The molecule has 0 saturated heterocycles. The van der Waals surface area contributed by atoms with Crippen molar-refractivity contribution in [3.8, 4) is 0 Å². The number of anilines is 1. The van der Waals surface area contributed by atoms with Crippen molar-refractivity contribution in [2.24, 2.45) is 0 Å². The SMILES string of the molecule is C=CCN(CCOC)c1c(C(=O)O)nnc2ccccc12. The maximum atomic E-state index is 11.5. The predicted molar refractivity (Wildman–Crippen MR) is 80.8 cm³/mol. The molecule has 110 valence electrons. The summed E-state index contributed by atoms with van der Waals surface area (Å²) in [6.07, 6.45) is 1.72. The molecule has 21 heavy (non-hydrogen) atoms. The molecule has 1 aromatic heterocycles. The summed E-state index contributed by atoms with van der Waals surface area (Å²) in [4.78, 5) is 13.3. The second kappa shape index (κ2) is 6.81. The molecule has 0 fully saturated rings. The summed E-state index contributed by atoms with van der Waals surface area (Å²) >= 11 is 0. The van der Waals surface area contributed by atoms with Gasteiger partial charge in [-0.3, -0.25) is 0 Å². The number of carboxylic acid groups (broad SMARTS) is 1. The molecule has 6 heteroatoms. The minimum Gasteiger partial charge on any atom is -0.476 e. The van der Waals surface area contributed by atoms with Crippen molar-refractivity contribution < 1.29 is 14.6 Å². The summed E-state index contributed by atoms with van der Waals surface area (Å²) in [6, 6.07) is 7.34. The Morgan fingerprint density at radius 3 is 2.86 bits per heavy atom. The van der Waals surface area contributed by atoms with Gasteiger partial charge < -0.3 is 14.7 Å². The van der Waals surface area contributed by atoms with E-state index in [9.17, 15) is 9.90 Å². The van der Waals surface area contributed by atoms with Crippen molar-refractivity contribution in [2.45, 2.75) is 0 Å². The van der Waals surface area contributed by atoms with Gasteiger partial charge in [-0.1, -0.05) is 24.3 Å². The van der Waals surface area contributed by atoms with Gasteiger partial charge >= 0.3 is 5.97 Å². The van der Waals surface area contributed by atoms with Gasteiger partial charge in [-0.25, -0.2) is 4.79 Å². The van der Waals surface area contributed by atoms with Crippen LogP contribution in [-0.4, -0.2) is 48.1 Å². The maximum absolute atomic E-state index is 11.5. The molecule has 1 aromatic carbocycles. The summed E-state index contributed by atoms with van der Waals surface area (Å²) < 4.78 is 5.09. The average molecular weight is 287 g/mol. The Balaban J connectivity index is 2.62. The van der Waals surface area contributed by atoms with Crippen molar-refractivity contribution >= 4 is 22.6 Å². The Morgan fingerprint density at radius 2 is 2.19 bits per heavy atom. The number of ether oxygens (including phenoxy) is 1. The van der Waals surface area contributed by atoms with Gasteiger partial charge in [-0.2, -0.15) is 0 Å². The number of nitrogens with zero attached hydrogens (tertiary/aromatic N) is 3. The number of benzene rings is 1. The van der Waals surface area contributed by atoms with Gasteiger partial charge in [0.25, 0.3) is 0 Å². The first-order valence-electron chi connectivity index (χ1n) is 6.52. The van der Waals surface area contributed by atoms with Gasteiger partial charge in [0.2, 0.25) is 0 Å². The van der Waals surface area contributed by atoms with Crippen LogP contribution in [0.3, 0.4) is 0 Å². The van der Waals surface area contributed by atoms with Crippen LogP contribution in [0, 0.1) is 0 Å². The first-order chi connectivity index (χ1) is 10.2. The topological polar surface area (TPSA) is 75.5 Å². The highest BCUT2D eigenvalue weighted by Gasteiger charge is 2.21. The standard InChI is InChI=1S/C15H17N3O3/c1-3-8-18(9-10-21-2)14-11-6-4-5-7-12(11)16-17-13(14)15(19)20/h3-7H,1,8-10H2,2H3,(H,19,20). The number of rotatable bonds is 7. The lowest BCUT2D eigenvalue weighted by Crippen LogP contribution is -2.29.